The highest BCUT2D eigenvalue weighted by Crippen LogP contribution is 2.26. The molecule has 8 heteroatoms. The number of rotatable bonds is 3. The van der Waals surface area contributed by atoms with Crippen LogP contribution in [0, 0.1) is 10.1 Å². The molecule has 7 nitrogen and oxygen atoms in total. The van der Waals surface area contributed by atoms with Gasteiger partial charge >= 0.3 is 0 Å². The summed E-state index contributed by atoms with van der Waals surface area (Å²) in [5.41, 5.74) is -0.698. The molecule has 0 aliphatic carbocycles. The van der Waals surface area contributed by atoms with Gasteiger partial charge in [-0.3, -0.25) is 19.7 Å². The molecule has 0 aliphatic heterocycles. The SMILES string of the molecule is Cn1cccc(C(=O)Nc2cc([N+](=O)[O-])ccc2Cl)c1=O. The molecule has 0 bridgehead atoms. The third kappa shape index (κ3) is 3.09. The third-order valence-electron chi connectivity index (χ3n) is 2.78. The Morgan fingerprint density at radius 3 is 2.76 bits per heavy atom. The number of carbonyl (C=O) groups is 1. The van der Waals surface area contributed by atoms with Gasteiger partial charge in [-0.05, 0) is 18.2 Å². The second-order valence-corrected chi connectivity index (χ2v) is 4.62. The number of hydrogen-bond donors (Lipinski definition) is 1. The number of nitrogens with one attached hydrogen (secondary N) is 1. The summed E-state index contributed by atoms with van der Waals surface area (Å²) in [5, 5.41) is 13.3. The van der Waals surface area contributed by atoms with Gasteiger partial charge in [-0.1, -0.05) is 11.6 Å². The number of halogens is 1. The fourth-order valence-electron chi connectivity index (χ4n) is 1.68. The van der Waals surface area contributed by atoms with Crippen molar-refractivity contribution in [2.75, 3.05) is 5.32 Å². The molecule has 2 aromatic rings. The zero-order valence-corrected chi connectivity index (χ0v) is 11.6. The molecule has 1 amide bonds. The number of benzene rings is 1. The van der Waals surface area contributed by atoms with Crippen molar-refractivity contribution in [2.24, 2.45) is 7.05 Å². The Bertz CT molecular complexity index is 785. The summed E-state index contributed by atoms with van der Waals surface area (Å²) in [6.45, 7) is 0. The van der Waals surface area contributed by atoms with Crippen LogP contribution in [-0.4, -0.2) is 15.4 Å². The van der Waals surface area contributed by atoms with E-state index in [-0.39, 0.29) is 22.0 Å². The molecule has 1 aromatic carbocycles. The van der Waals surface area contributed by atoms with Crippen molar-refractivity contribution >= 4 is 28.9 Å². The molecule has 0 atom stereocenters. The molecule has 1 N–H and O–H groups in total. The number of hydrogen-bond acceptors (Lipinski definition) is 4. The van der Waals surface area contributed by atoms with E-state index in [0.717, 1.165) is 6.07 Å². The van der Waals surface area contributed by atoms with Crippen LogP contribution >= 0.6 is 11.6 Å². The average Bonchev–Trinajstić information content (AvgIpc) is 2.43. The monoisotopic (exact) mass is 307 g/mol. The number of nitrogens with zero attached hydrogens (tertiary/aromatic N) is 2. The standard InChI is InChI=1S/C13H10ClN3O4/c1-16-6-2-3-9(13(16)19)12(18)15-11-7-8(17(20)21)4-5-10(11)14/h2-7H,1H3,(H,15,18). The van der Waals surface area contributed by atoms with Crippen molar-refractivity contribution < 1.29 is 9.72 Å². The van der Waals surface area contributed by atoms with E-state index in [1.54, 1.807) is 6.07 Å². The maximum absolute atomic E-state index is 12.1. The lowest BCUT2D eigenvalue weighted by molar-refractivity contribution is -0.384. The minimum absolute atomic E-state index is 0.0711. The number of nitro benzene ring substituents is 1. The lowest BCUT2D eigenvalue weighted by Crippen LogP contribution is -2.27. The van der Waals surface area contributed by atoms with E-state index >= 15 is 0 Å². The Labute approximate surface area is 123 Å². The molecule has 21 heavy (non-hydrogen) atoms. The first kappa shape index (κ1) is 14.7. The first-order valence-electron chi connectivity index (χ1n) is 5.81. The predicted molar refractivity (Wildman–Crippen MR) is 77.7 cm³/mol. The van der Waals surface area contributed by atoms with E-state index in [1.807, 2.05) is 0 Å². The Kier molecular flexibility index (Phi) is 4.04. The zero-order valence-electron chi connectivity index (χ0n) is 10.9. The summed E-state index contributed by atoms with van der Waals surface area (Å²) >= 11 is 5.88. The largest absolute Gasteiger partial charge is 0.320 e. The molecular formula is C13H10ClN3O4. The smallest absolute Gasteiger partial charge is 0.271 e. The van der Waals surface area contributed by atoms with Crippen LogP contribution in [0.3, 0.4) is 0 Å². The first-order chi connectivity index (χ1) is 9.90. The highest BCUT2D eigenvalue weighted by Gasteiger charge is 2.15. The van der Waals surface area contributed by atoms with Crippen LogP contribution in [0.4, 0.5) is 11.4 Å². The Hall–Kier alpha value is -2.67. The van der Waals surface area contributed by atoms with Crippen LogP contribution in [0.1, 0.15) is 10.4 Å². The van der Waals surface area contributed by atoms with Crippen LogP contribution < -0.4 is 10.9 Å². The van der Waals surface area contributed by atoms with Gasteiger partial charge in [0.05, 0.1) is 15.6 Å². The van der Waals surface area contributed by atoms with Gasteiger partial charge in [-0.25, -0.2) is 0 Å². The molecule has 0 unspecified atom stereocenters. The molecule has 0 radical (unpaired) electrons. The van der Waals surface area contributed by atoms with Crippen molar-refractivity contribution in [1.29, 1.82) is 0 Å². The van der Waals surface area contributed by atoms with Crippen LogP contribution in [0.15, 0.2) is 41.3 Å². The lowest BCUT2D eigenvalue weighted by Gasteiger charge is -2.07. The van der Waals surface area contributed by atoms with Gasteiger partial charge in [0.2, 0.25) is 0 Å². The number of aromatic nitrogens is 1. The minimum atomic E-state index is -0.682. The molecule has 108 valence electrons. The van der Waals surface area contributed by atoms with Crippen LogP contribution in [0.5, 0.6) is 0 Å². The quantitative estimate of drug-likeness (QED) is 0.694. The van der Waals surface area contributed by atoms with Crippen molar-refractivity contribution in [3.63, 3.8) is 0 Å². The molecule has 1 heterocycles. The van der Waals surface area contributed by atoms with Gasteiger partial charge in [0.25, 0.3) is 17.2 Å². The number of non-ortho nitro benzene ring substituents is 1. The van der Waals surface area contributed by atoms with Gasteiger partial charge in [-0.15, -0.1) is 0 Å². The zero-order chi connectivity index (χ0) is 15.6. The number of nitro groups is 1. The van der Waals surface area contributed by atoms with Crippen LogP contribution in [-0.2, 0) is 7.05 Å². The normalized spacial score (nSPS) is 10.2. The number of carbonyl (C=O) groups excluding carboxylic acids is 1. The molecule has 0 aliphatic rings. The minimum Gasteiger partial charge on any atom is -0.320 e. The van der Waals surface area contributed by atoms with Gasteiger partial charge in [-0.2, -0.15) is 0 Å². The fraction of sp³-hybridized carbons (Fsp3) is 0.0769. The Morgan fingerprint density at radius 2 is 2.10 bits per heavy atom. The van der Waals surface area contributed by atoms with E-state index in [1.165, 1.54) is 36.0 Å². The highest BCUT2D eigenvalue weighted by molar-refractivity contribution is 6.34. The molecule has 2 rings (SSSR count). The average molecular weight is 308 g/mol. The number of anilines is 1. The topological polar surface area (TPSA) is 94.2 Å². The van der Waals surface area contributed by atoms with E-state index in [0.29, 0.717) is 0 Å². The van der Waals surface area contributed by atoms with Crippen LogP contribution in [0.25, 0.3) is 0 Å². The lowest BCUT2D eigenvalue weighted by atomic mass is 10.2. The molecule has 0 fully saturated rings. The second-order valence-electron chi connectivity index (χ2n) is 4.21. The van der Waals surface area contributed by atoms with E-state index < -0.39 is 16.4 Å². The van der Waals surface area contributed by atoms with Gasteiger partial charge in [0.1, 0.15) is 5.56 Å². The van der Waals surface area contributed by atoms with E-state index in [4.69, 9.17) is 11.6 Å². The summed E-state index contributed by atoms with van der Waals surface area (Å²) in [6.07, 6.45) is 1.51. The molecule has 0 saturated carbocycles. The number of pyridine rings is 1. The maximum atomic E-state index is 12.1. The predicted octanol–water partition coefficient (Wildman–Crippen LogP) is 2.20. The third-order valence-corrected chi connectivity index (χ3v) is 3.11. The molecule has 1 aromatic heterocycles. The Balaban J connectivity index is 2.36. The summed E-state index contributed by atoms with van der Waals surface area (Å²) in [6, 6.07) is 6.57. The van der Waals surface area contributed by atoms with Crippen molar-refractivity contribution in [1.82, 2.24) is 4.57 Å². The highest BCUT2D eigenvalue weighted by atomic mass is 35.5. The molecular weight excluding hydrogens is 298 g/mol. The van der Waals surface area contributed by atoms with Crippen LogP contribution in [0.2, 0.25) is 5.02 Å². The summed E-state index contributed by atoms with van der Waals surface area (Å²) in [7, 11) is 1.51. The fourth-order valence-corrected chi connectivity index (χ4v) is 1.85. The van der Waals surface area contributed by atoms with Crippen molar-refractivity contribution in [2.45, 2.75) is 0 Å². The van der Waals surface area contributed by atoms with Gasteiger partial charge in [0.15, 0.2) is 0 Å². The second kappa shape index (κ2) is 5.76. The van der Waals surface area contributed by atoms with Gasteiger partial charge < -0.3 is 9.88 Å². The van der Waals surface area contributed by atoms with Crippen molar-refractivity contribution in [3.05, 3.63) is 67.6 Å². The molecule has 0 saturated heterocycles. The first-order valence-corrected chi connectivity index (χ1v) is 6.19. The molecule has 0 spiro atoms. The number of aryl methyl sites for hydroxylation is 1. The summed E-state index contributed by atoms with van der Waals surface area (Å²) in [5.74, 6) is -0.682. The summed E-state index contributed by atoms with van der Waals surface area (Å²) in [4.78, 5) is 34.0. The van der Waals surface area contributed by atoms with E-state index in [9.17, 15) is 19.7 Å². The summed E-state index contributed by atoms with van der Waals surface area (Å²) < 4.78 is 1.25. The van der Waals surface area contributed by atoms with Gasteiger partial charge in [0, 0.05) is 25.4 Å². The van der Waals surface area contributed by atoms with Crippen molar-refractivity contribution in [3.8, 4) is 0 Å². The Morgan fingerprint density at radius 1 is 1.38 bits per heavy atom. The maximum Gasteiger partial charge on any atom is 0.271 e. The van der Waals surface area contributed by atoms with E-state index in [2.05, 4.69) is 5.32 Å². The number of amides is 1.